The van der Waals surface area contributed by atoms with Crippen molar-refractivity contribution >= 4 is 35.3 Å². The molecule has 1 aliphatic heterocycles. The van der Waals surface area contributed by atoms with Gasteiger partial charge in [0.15, 0.2) is 6.10 Å². The number of carbonyl (C=O) groups is 2. The fourth-order valence-electron chi connectivity index (χ4n) is 4.70. The van der Waals surface area contributed by atoms with E-state index in [9.17, 15) is 9.59 Å². The Morgan fingerprint density at radius 2 is 1.24 bits per heavy atom. The zero-order valence-electron chi connectivity index (χ0n) is 27.1. The van der Waals surface area contributed by atoms with Gasteiger partial charge in [-0.05, 0) is 95.0 Å². The second kappa shape index (κ2) is 13.8. The number of nitrogens with two attached hydrogens (primary N) is 1. The molecule has 2 N–H and O–H groups in total. The van der Waals surface area contributed by atoms with Crippen molar-refractivity contribution in [3.63, 3.8) is 0 Å². The van der Waals surface area contributed by atoms with Crippen molar-refractivity contribution in [2.24, 2.45) is 10.7 Å². The third-order valence-corrected chi connectivity index (χ3v) is 6.91. The summed E-state index contributed by atoms with van der Waals surface area (Å²) in [5, 5.41) is 0.595. The molecule has 1 atom stereocenters. The molecular weight excluding hydrogens is 592 g/mol. The molecule has 1 aliphatic rings. The summed E-state index contributed by atoms with van der Waals surface area (Å²) in [4.78, 5) is 34.4. The minimum absolute atomic E-state index is 0.274. The summed E-state index contributed by atoms with van der Waals surface area (Å²) in [6.07, 6.45) is -1.18. The van der Waals surface area contributed by atoms with Gasteiger partial charge < -0.3 is 19.9 Å². The lowest BCUT2D eigenvalue weighted by Crippen LogP contribution is -2.36. The molecule has 45 heavy (non-hydrogen) atoms. The maximum absolute atomic E-state index is 13.4. The van der Waals surface area contributed by atoms with E-state index in [0.29, 0.717) is 35.4 Å². The first-order valence-corrected chi connectivity index (χ1v) is 15.3. The zero-order valence-corrected chi connectivity index (χ0v) is 27.9. The van der Waals surface area contributed by atoms with E-state index in [1.165, 1.54) is 0 Å². The van der Waals surface area contributed by atoms with Crippen LogP contribution in [0.25, 0.3) is 0 Å². The molecule has 0 aromatic heterocycles. The van der Waals surface area contributed by atoms with E-state index in [0.717, 1.165) is 22.3 Å². The normalized spacial score (nSPS) is 14.5. The SMILES string of the molecule is CC1Oc2ccc(CN(Cc3cccc(CN(Cc4cccc(Cl)c4)C(=O)OC(C)(C)C)c3)C(=O)OC(C)(C)C)cc2N=C1N. The van der Waals surface area contributed by atoms with Gasteiger partial charge >= 0.3 is 12.2 Å². The third-order valence-electron chi connectivity index (χ3n) is 6.67. The number of carbonyl (C=O) groups excluding carboxylic acids is 2. The van der Waals surface area contributed by atoms with Crippen molar-refractivity contribution in [2.75, 3.05) is 0 Å². The van der Waals surface area contributed by atoms with E-state index in [1.807, 2.05) is 109 Å². The molecular formula is C35H43ClN4O5. The van der Waals surface area contributed by atoms with Gasteiger partial charge in [-0.1, -0.05) is 54.1 Å². The summed E-state index contributed by atoms with van der Waals surface area (Å²) >= 11 is 6.22. The smallest absolute Gasteiger partial charge is 0.410 e. The first-order chi connectivity index (χ1) is 21.0. The first kappa shape index (κ1) is 33.6. The lowest BCUT2D eigenvalue weighted by atomic mass is 10.1. The summed E-state index contributed by atoms with van der Waals surface area (Å²) < 4.78 is 17.3. The fourth-order valence-corrected chi connectivity index (χ4v) is 4.91. The number of halogens is 1. The molecule has 0 saturated carbocycles. The van der Waals surface area contributed by atoms with Crippen LogP contribution in [0.4, 0.5) is 15.3 Å². The lowest BCUT2D eigenvalue weighted by Gasteiger charge is -2.29. The number of benzene rings is 3. The van der Waals surface area contributed by atoms with E-state index in [1.54, 1.807) is 15.9 Å². The molecule has 3 aromatic carbocycles. The quantitative estimate of drug-likeness (QED) is 0.269. The molecule has 1 heterocycles. The highest BCUT2D eigenvalue weighted by Gasteiger charge is 2.26. The summed E-state index contributed by atoms with van der Waals surface area (Å²) in [7, 11) is 0. The number of ether oxygens (including phenoxy) is 3. The molecule has 0 aliphatic carbocycles. The van der Waals surface area contributed by atoms with E-state index in [4.69, 9.17) is 31.5 Å². The Morgan fingerprint density at radius 3 is 1.73 bits per heavy atom. The van der Waals surface area contributed by atoms with Gasteiger partial charge in [0.25, 0.3) is 0 Å². The molecule has 10 heteroatoms. The maximum Gasteiger partial charge on any atom is 0.410 e. The minimum atomic E-state index is -0.677. The van der Waals surface area contributed by atoms with E-state index in [2.05, 4.69) is 4.99 Å². The number of hydrogen-bond acceptors (Lipinski definition) is 7. The Kier molecular flexibility index (Phi) is 10.3. The molecule has 0 fully saturated rings. The van der Waals surface area contributed by atoms with E-state index in [-0.39, 0.29) is 19.2 Å². The van der Waals surface area contributed by atoms with Gasteiger partial charge in [-0.25, -0.2) is 14.6 Å². The molecule has 240 valence electrons. The number of amides is 2. The minimum Gasteiger partial charge on any atom is -0.481 e. The van der Waals surface area contributed by atoms with Crippen LogP contribution in [0.15, 0.2) is 71.7 Å². The predicted molar refractivity (Wildman–Crippen MR) is 177 cm³/mol. The van der Waals surface area contributed by atoms with Gasteiger partial charge in [0, 0.05) is 31.2 Å². The Bertz CT molecular complexity index is 1560. The van der Waals surface area contributed by atoms with E-state index < -0.39 is 23.4 Å². The first-order valence-electron chi connectivity index (χ1n) is 15.0. The number of amidine groups is 1. The van der Waals surface area contributed by atoms with Crippen molar-refractivity contribution in [2.45, 2.75) is 92.0 Å². The second-order valence-corrected chi connectivity index (χ2v) is 13.7. The standard InChI is InChI=1S/C35H43ClN4O5/c1-23-31(37)38-29-18-27(14-15-30(29)43-23)22-40(33(42)45-35(5,6)7)20-25-11-8-10-24(16-25)19-39(32(41)44-34(2,3)4)21-26-12-9-13-28(36)17-26/h8-18,23H,19-22H2,1-7H3,(H2,37,38). The van der Waals surface area contributed by atoms with Crippen molar-refractivity contribution in [1.82, 2.24) is 9.80 Å². The molecule has 3 aromatic rings. The molecule has 1 unspecified atom stereocenters. The van der Waals surface area contributed by atoms with Crippen LogP contribution in [0, 0.1) is 0 Å². The number of fused-ring (bicyclic) bond motifs is 1. The van der Waals surface area contributed by atoms with Crippen LogP contribution < -0.4 is 10.5 Å². The van der Waals surface area contributed by atoms with Crippen molar-refractivity contribution in [3.8, 4) is 5.75 Å². The highest BCUT2D eigenvalue weighted by atomic mass is 35.5. The molecule has 4 rings (SSSR count). The molecule has 0 bridgehead atoms. The van der Waals surface area contributed by atoms with Crippen LogP contribution in [0.2, 0.25) is 5.02 Å². The zero-order chi connectivity index (χ0) is 32.9. The summed E-state index contributed by atoms with van der Waals surface area (Å²) in [6.45, 7) is 14.0. The van der Waals surface area contributed by atoms with Crippen molar-refractivity contribution in [3.05, 3.63) is 94.0 Å². The van der Waals surface area contributed by atoms with Crippen LogP contribution in [0.1, 0.15) is 70.7 Å². The lowest BCUT2D eigenvalue weighted by molar-refractivity contribution is 0.0210. The van der Waals surface area contributed by atoms with Gasteiger partial charge in [0.2, 0.25) is 0 Å². The van der Waals surface area contributed by atoms with Crippen LogP contribution in [-0.4, -0.2) is 45.1 Å². The fraction of sp³-hybridized carbons (Fsp3) is 0.400. The monoisotopic (exact) mass is 634 g/mol. The topological polar surface area (TPSA) is 107 Å². The summed E-state index contributed by atoms with van der Waals surface area (Å²) in [5.74, 6) is 1.04. The van der Waals surface area contributed by atoms with E-state index >= 15 is 0 Å². The Hall–Kier alpha value is -4.24. The Labute approximate surface area is 270 Å². The van der Waals surface area contributed by atoms with Crippen molar-refractivity contribution in [1.29, 1.82) is 0 Å². The van der Waals surface area contributed by atoms with Gasteiger partial charge in [-0.3, -0.25) is 9.80 Å². The number of nitrogens with zero attached hydrogens (tertiary/aromatic N) is 3. The summed E-state index contributed by atoms with van der Waals surface area (Å²) in [6, 6.07) is 20.8. The number of aliphatic imine (C=N–C) groups is 1. The molecule has 0 radical (unpaired) electrons. The Balaban J connectivity index is 1.58. The predicted octanol–water partition coefficient (Wildman–Crippen LogP) is 7.98. The maximum atomic E-state index is 13.4. The molecule has 9 nitrogen and oxygen atoms in total. The van der Waals surface area contributed by atoms with Gasteiger partial charge in [-0.2, -0.15) is 0 Å². The molecule has 2 amide bonds. The Morgan fingerprint density at radius 1 is 0.778 bits per heavy atom. The van der Waals surface area contributed by atoms with Crippen LogP contribution in [0.3, 0.4) is 0 Å². The largest absolute Gasteiger partial charge is 0.481 e. The third kappa shape index (κ3) is 10.1. The number of hydrogen-bond donors (Lipinski definition) is 1. The van der Waals surface area contributed by atoms with Gasteiger partial charge in [0.05, 0.1) is 0 Å². The highest BCUT2D eigenvalue weighted by Crippen LogP contribution is 2.33. The number of rotatable bonds is 8. The average molecular weight is 635 g/mol. The van der Waals surface area contributed by atoms with Gasteiger partial charge in [-0.15, -0.1) is 0 Å². The van der Waals surface area contributed by atoms with Crippen LogP contribution in [-0.2, 0) is 35.7 Å². The second-order valence-electron chi connectivity index (χ2n) is 13.2. The highest BCUT2D eigenvalue weighted by molar-refractivity contribution is 6.30. The summed E-state index contributed by atoms with van der Waals surface area (Å²) in [5.41, 5.74) is 8.80. The van der Waals surface area contributed by atoms with Gasteiger partial charge in [0.1, 0.15) is 28.5 Å². The molecule has 0 spiro atoms. The van der Waals surface area contributed by atoms with Crippen molar-refractivity contribution < 1.29 is 23.8 Å². The van der Waals surface area contributed by atoms with Crippen LogP contribution in [0.5, 0.6) is 5.75 Å². The average Bonchev–Trinajstić information content (AvgIpc) is 2.91. The molecule has 0 saturated heterocycles. The van der Waals surface area contributed by atoms with Crippen LogP contribution >= 0.6 is 11.6 Å².